The standard InChI is InChI=1S/C19H27N3O6S/c1-19(2,3)28-18(23)21-13-5-6-14(21)10-12(9-13)20-16-8-7-15(29(4,26)27)11-17(16)22(24)25/h7-8,11-14,20H,5-6,9-10H2,1-4H3. The van der Waals surface area contributed by atoms with Gasteiger partial charge >= 0.3 is 6.09 Å². The van der Waals surface area contributed by atoms with E-state index in [2.05, 4.69) is 5.32 Å². The monoisotopic (exact) mass is 425 g/mol. The van der Waals surface area contributed by atoms with E-state index in [9.17, 15) is 23.3 Å². The third-order valence-electron chi connectivity index (χ3n) is 5.29. The van der Waals surface area contributed by atoms with Gasteiger partial charge in [-0.15, -0.1) is 0 Å². The van der Waals surface area contributed by atoms with E-state index >= 15 is 0 Å². The lowest BCUT2D eigenvalue weighted by Crippen LogP contribution is -2.51. The summed E-state index contributed by atoms with van der Waals surface area (Å²) in [6.07, 6.45) is 3.76. The summed E-state index contributed by atoms with van der Waals surface area (Å²) in [6, 6.07) is 3.90. The maximum atomic E-state index is 12.6. The molecule has 1 aromatic carbocycles. The number of nitrogens with zero attached hydrogens (tertiary/aromatic N) is 2. The van der Waals surface area contributed by atoms with E-state index in [1.807, 2.05) is 25.7 Å². The highest BCUT2D eigenvalue weighted by Gasteiger charge is 2.45. The highest BCUT2D eigenvalue weighted by Crippen LogP contribution is 2.39. The van der Waals surface area contributed by atoms with E-state index in [-0.39, 0.29) is 40.5 Å². The number of benzene rings is 1. The van der Waals surface area contributed by atoms with Crippen LogP contribution in [-0.4, -0.2) is 54.3 Å². The SMILES string of the molecule is CC(C)(C)OC(=O)N1C2CCC1CC(Nc1ccc(S(C)(=O)=O)cc1[N+](=O)[O-])C2. The van der Waals surface area contributed by atoms with E-state index < -0.39 is 20.4 Å². The average Bonchev–Trinajstić information content (AvgIpc) is 2.84. The van der Waals surface area contributed by atoms with Crippen molar-refractivity contribution in [3.05, 3.63) is 28.3 Å². The summed E-state index contributed by atoms with van der Waals surface area (Å²) in [7, 11) is -3.54. The predicted octanol–water partition coefficient (Wildman–Crippen LogP) is 3.34. The van der Waals surface area contributed by atoms with Crippen LogP contribution in [-0.2, 0) is 14.6 Å². The molecule has 1 amide bonds. The van der Waals surface area contributed by atoms with Gasteiger partial charge in [-0.25, -0.2) is 13.2 Å². The number of nitrogens with one attached hydrogen (secondary N) is 1. The molecule has 160 valence electrons. The largest absolute Gasteiger partial charge is 0.444 e. The normalized spacial score (nSPS) is 24.3. The van der Waals surface area contributed by atoms with Crippen LogP contribution in [0.1, 0.15) is 46.5 Å². The molecule has 0 saturated carbocycles. The Bertz CT molecular complexity index is 910. The van der Waals surface area contributed by atoms with Crippen LogP contribution in [0.3, 0.4) is 0 Å². The van der Waals surface area contributed by atoms with Gasteiger partial charge in [-0.3, -0.25) is 10.1 Å². The van der Waals surface area contributed by atoms with Crippen LogP contribution >= 0.6 is 0 Å². The lowest BCUT2D eigenvalue weighted by atomic mass is 9.97. The molecule has 2 aliphatic rings. The number of ether oxygens (including phenoxy) is 1. The van der Waals surface area contributed by atoms with Gasteiger partial charge in [0, 0.05) is 30.4 Å². The van der Waals surface area contributed by atoms with Gasteiger partial charge in [-0.2, -0.15) is 0 Å². The van der Waals surface area contributed by atoms with Crippen LogP contribution in [0.4, 0.5) is 16.2 Å². The van der Waals surface area contributed by atoms with Crippen LogP contribution in [0.2, 0.25) is 0 Å². The molecule has 9 nitrogen and oxygen atoms in total. The number of amides is 1. The van der Waals surface area contributed by atoms with Crippen LogP contribution in [0.25, 0.3) is 0 Å². The van der Waals surface area contributed by atoms with Crippen molar-refractivity contribution in [1.82, 2.24) is 4.90 Å². The molecular formula is C19H27N3O6S. The molecular weight excluding hydrogens is 398 g/mol. The second-order valence-electron chi connectivity index (χ2n) is 8.79. The molecule has 3 rings (SSSR count). The quantitative estimate of drug-likeness (QED) is 0.580. The van der Waals surface area contributed by atoms with Crippen LogP contribution < -0.4 is 5.32 Å². The number of carbonyl (C=O) groups is 1. The van der Waals surface area contributed by atoms with Crippen molar-refractivity contribution in [2.24, 2.45) is 0 Å². The first-order valence-electron chi connectivity index (χ1n) is 9.61. The Labute approximate surface area is 170 Å². The molecule has 10 heteroatoms. The predicted molar refractivity (Wildman–Crippen MR) is 108 cm³/mol. The van der Waals surface area contributed by atoms with E-state index in [0.29, 0.717) is 12.8 Å². The fourth-order valence-corrected chi connectivity index (χ4v) is 4.78. The number of piperidine rings is 1. The summed E-state index contributed by atoms with van der Waals surface area (Å²) in [5, 5.41) is 14.7. The van der Waals surface area contributed by atoms with Crippen LogP contribution in [0.5, 0.6) is 0 Å². The number of fused-ring (bicyclic) bond motifs is 2. The Morgan fingerprint density at radius 1 is 1.24 bits per heavy atom. The number of anilines is 1. The van der Waals surface area contributed by atoms with Gasteiger partial charge in [-0.1, -0.05) is 0 Å². The molecule has 0 spiro atoms. The summed E-state index contributed by atoms with van der Waals surface area (Å²) < 4.78 is 28.9. The molecule has 2 unspecified atom stereocenters. The average molecular weight is 426 g/mol. The number of carbonyl (C=O) groups excluding carboxylic acids is 1. The van der Waals surface area contributed by atoms with Crippen molar-refractivity contribution in [3.8, 4) is 0 Å². The maximum absolute atomic E-state index is 12.6. The zero-order valence-electron chi connectivity index (χ0n) is 17.0. The van der Waals surface area contributed by atoms with Gasteiger partial charge < -0.3 is 15.0 Å². The number of rotatable bonds is 4. The molecule has 1 aromatic rings. The Kier molecular flexibility index (Phi) is 5.50. The van der Waals surface area contributed by atoms with Gasteiger partial charge in [0.25, 0.3) is 5.69 Å². The summed E-state index contributed by atoms with van der Waals surface area (Å²) in [6.45, 7) is 5.50. The highest BCUT2D eigenvalue weighted by molar-refractivity contribution is 7.90. The smallest absolute Gasteiger partial charge is 0.410 e. The van der Waals surface area contributed by atoms with E-state index in [1.165, 1.54) is 12.1 Å². The van der Waals surface area contributed by atoms with Crippen LogP contribution in [0.15, 0.2) is 23.1 Å². The lowest BCUT2D eigenvalue weighted by Gasteiger charge is -2.39. The second kappa shape index (κ2) is 7.47. The maximum Gasteiger partial charge on any atom is 0.410 e. The lowest BCUT2D eigenvalue weighted by molar-refractivity contribution is -0.384. The molecule has 2 saturated heterocycles. The third-order valence-corrected chi connectivity index (χ3v) is 6.40. The topological polar surface area (TPSA) is 119 Å². The van der Waals surface area contributed by atoms with Crippen molar-refractivity contribution in [2.75, 3.05) is 11.6 Å². The minimum atomic E-state index is -3.54. The summed E-state index contributed by atoms with van der Waals surface area (Å²) >= 11 is 0. The summed E-state index contributed by atoms with van der Waals surface area (Å²) in [5.41, 5.74) is -0.541. The zero-order chi connectivity index (χ0) is 21.6. The molecule has 2 atom stereocenters. The molecule has 2 fully saturated rings. The Morgan fingerprint density at radius 3 is 2.31 bits per heavy atom. The molecule has 0 radical (unpaired) electrons. The molecule has 2 heterocycles. The minimum absolute atomic E-state index is 0.0236. The zero-order valence-corrected chi connectivity index (χ0v) is 17.9. The van der Waals surface area contributed by atoms with E-state index in [0.717, 1.165) is 25.2 Å². The molecule has 0 aliphatic carbocycles. The Morgan fingerprint density at radius 2 is 1.83 bits per heavy atom. The first-order chi connectivity index (χ1) is 13.3. The van der Waals surface area contributed by atoms with Crippen molar-refractivity contribution in [3.63, 3.8) is 0 Å². The first kappa shape index (κ1) is 21.4. The number of nitro benzene ring substituents is 1. The third kappa shape index (κ3) is 4.80. The van der Waals surface area contributed by atoms with Gasteiger partial charge in [0.05, 0.1) is 9.82 Å². The molecule has 2 bridgehead atoms. The Hall–Kier alpha value is -2.36. The molecule has 2 aliphatic heterocycles. The van der Waals surface area contributed by atoms with Gasteiger partial charge in [0.1, 0.15) is 11.3 Å². The minimum Gasteiger partial charge on any atom is -0.444 e. The van der Waals surface area contributed by atoms with Gasteiger partial charge in [-0.05, 0) is 58.6 Å². The summed E-state index contributed by atoms with van der Waals surface area (Å²) in [4.78, 5) is 25.2. The van der Waals surface area contributed by atoms with Crippen molar-refractivity contribution < 1.29 is 22.9 Å². The number of hydrogen-bond donors (Lipinski definition) is 1. The second-order valence-corrected chi connectivity index (χ2v) is 10.8. The number of hydrogen-bond acceptors (Lipinski definition) is 7. The van der Waals surface area contributed by atoms with Gasteiger partial charge in [0.2, 0.25) is 0 Å². The summed E-state index contributed by atoms with van der Waals surface area (Å²) in [5.74, 6) is 0. The van der Waals surface area contributed by atoms with E-state index in [4.69, 9.17) is 4.74 Å². The van der Waals surface area contributed by atoms with Crippen LogP contribution in [0, 0.1) is 10.1 Å². The fourth-order valence-electron chi connectivity index (χ4n) is 4.14. The van der Waals surface area contributed by atoms with Gasteiger partial charge in [0.15, 0.2) is 9.84 Å². The molecule has 0 aromatic heterocycles. The van der Waals surface area contributed by atoms with Crippen molar-refractivity contribution in [1.29, 1.82) is 0 Å². The first-order valence-corrected chi connectivity index (χ1v) is 11.5. The van der Waals surface area contributed by atoms with Crippen molar-refractivity contribution >= 4 is 27.3 Å². The highest BCUT2D eigenvalue weighted by atomic mass is 32.2. The van der Waals surface area contributed by atoms with Crippen molar-refractivity contribution in [2.45, 2.75) is 75.1 Å². The van der Waals surface area contributed by atoms with E-state index in [1.54, 1.807) is 0 Å². The molecule has 29 heavy (non-hydrogen) atoms. The fraction of sp³-hybridized carbons (Fsp3) is 0.632. The Balaban J connectivity index is 1.75. The number of nitro groups is 1. The number of sulfone groups is 1. The molecule has 1 N–H and O–H groups in total.